The average molecular weight is 225 g/mol. The Labute approximate surface area is 97.9 Å². The maximum atomic E-state index is 5.84. The van der Waals surface area contributed by atoms with Crippen LogP contribution in [0.25, 0.3) is 22.2 Å². The number of anilines is 2. The van der Waals surface area contributed by atoms with Crippen LogP contribution in [0.1, 0.15) is 0 Å². The van der Waals surface area contributed by atoms with Gasteiger partial charge in [0, 0.05) is 17.1 Å². The van der Waals surface area contributed by atoms with Crippen molar-refractivity contribution in [1.82, 2.24) is 4.98 Å². The van der Waals surface area contributed by atoms with Crippen LogP contribution in [0, 0.1) is 0 Å². The fraction of sp³-hybridized carbons (Fsp3) is 0. The first-order chi connectivity index (χ1) is 8.27. The first kappa shape index (κ1) is 9.72. The van der Waals surface area contributed by atoms with Crippen LogP contribution in [0.5, 0.6) is 0 Å². The van der Waals surface area contributed by atoms with E-state index in [-0.39, 0.29) is 5.88 Å². The second-order valence-electron chi connectivity index (χ2n) is 3.78. The molecule has 4 heteroatoms. The molecule has 84 valence electrons. The minimum atomic E-state index is 0.241. The van der Waals surface area contributed by atoms with Crippen LogP contribution in [0.2, 0.25) is 0 Å². The lowest BCUT2D eigenvalue weighted by atomic mass is 10.1. The number of fused-ring (bicyclic) bond motifs is 1. The van der Waals surface area contributed by atoms with E-state index < -0.39 is 0 Å². The number of furan rings is 1. The Balaban J connectivity index is 2.35. The first-order valence-electron chi connectivity index (χ1n) is 5.25. The maximum Gasteiger partial charge on any atom is 0.214 e. The van der Waals surface area contributed by atoms with Crippen molar-refractivity contribution in [3.63, 3.8) is 0 Å². The van der Waals surface area contributed by atoms with E-state index in [0.717, 1.165) is 16.6 Å². The molecule has 4 N–H and O–H groups in total. The average Bonchev–Trinajstić information content (AvgIpc) is 2.67. The topological polar surface area (TPSA) is 78.1 Å². The SMILES string of the molecule is Nc1oc2c(-c3ccccc3)nccc2c1N. The van der Waals surface area contributed by atoms with Crippen LogP contribution in [0.4, 0.5) is 11.6 Å². The normalized spacial score (nSPS) is 10.8. The van der Waals surface area contributed by atoms with E-state index in [1.54, 1.807) is 12.3 Å². The van der Waals surface area contributed by atoms with Crippen molar-refractivity contribution in [3.8, 4) is 11.3 Å². The summed E-state index contributed by atoms with van der Waals surface area (Å²) in [5, 5.41) is 0.802. The number of nitrogen functional groups attached to an aromatic ring is 2. The van der Waals surface area contributed by atoms with Gasteiger partial charge < -0.3 is 15.9 Å². The van der Waals surface area contributed by atoms with Gasteiger partial charge in [0.15, 0.2) is 5.58 Å². The molecule has 0 amide bonds. The van der Waals surface area contributed by atoms with E-state index >= 15 is 0 Å². The van der Waals surface area contributed by atoms with Crippen LogP contribution < -0.4 is 11.5 Å². The van der Waals surface area contributed by atoms with Crippen molar-refractivity contribution < 1.29 is 4.42 Å². The van der Waals surface area contributed by atoms with Gasteiger partial charge in [0.05, 0.1) is 0 Å². The minimum absolute atomic E-state index is 0.241. The molecule has 0 radical (unpaired) electrons. The van der Waals surface area contributed by atoms with E-state index in [2.05, 4.69) is 4.98 Å². The summed E-state index contributed by atoms with van der Waals surface area (Å²) in [4.78, 5) is 4.33. The second-order valence-corrected chi connectivity index (χ2v) is 3.78. The predicted molar refractivity (Wildman–Crippen MR) is 68.3 cm³/mol. The molecule has 0 aliphatic carbocycles. The molecule has 0 saturated carbocycles. The predicted octanol–water partition coefficient (Wildman–Crippen LogP) is 2.66. The molecule has 4 nitrogen and oxygen atoms in total. The molecule has 1 aromatic carbocycles. The Morgan fingerprint density at radius 2 is 1.76 bits per heavy atom. The van der Waals surface area contributed by atoms with Gasteiger partial charge in [-0.2, -0.15) is 0 Å². The highest BCUT2D eigenvalue weighted by molar-refractivity contribution is 6.01. The van der Waals surface area contributed by atoms with E-state index in [1.165, 1.54) is 0 Å². The molecule has 2 heterocycles. The zero-order valence-corrected chi connectivity index (χ0v) is 9.05. The van der Waals surface area contributed by atoms with Crippen molar-refractivity contribution in [3.05, 3.63) is 42.6 Å². The summed E-state index contributed by atoms with van der Waals surface area (Å²) in [6.45, 7) is 0. The molecule has 0 unspecified atom stereocenters. The number of hydrogen-bond acceptors (Lipinski definition) is 4. The maximum absolute atomic E-state index is 5.84. The third-order valence-electron chi connectivity index (χ3n) is 2.72. The highest BCUT2D eigenvalue weighted by Gasteiger charge is 2.13. The van der Waals surface area contributed by atoms with Gasteiger partial charge in [0.1, 0.15) is 11.4 Å². The Morgan fingerprint density at radius 3 is 2.53 bits per heavy atom. The summed E-state index contributed by atoms with van der Waals surface area (Å²) in [5.74, 6) is 0.241. The molecule has 0 saturated heterocycles. The Kier molecular flexibility index (Phi) is 2.01. The Hall–Kier alpha value is -2.49. The monoisotopic (exact) mass is 225 g/mol. The molecule has 0 aliphatic heterocycles. The molecule has 17 heavy (non-hydrogen) atoms. The summed E-state index contributed by atoms with van der Waals surface area (Å²) in [6.07, 6.45) is 1.70. The van der Waals surface area contributed by atoms with E-state index in [4.69, 9.17) is 15.9 Å². The smallest absolute Gasteiger partial charge is 0.214 e. The van der Waals surface area contributed by atoms with Gasteiger partial charge in [-0.05, 0) is 6.07 Å². The molecular formula is C13H11N3O. The number of hydrogen-bond donors (Lipinski definition) is 2. The quantitative estimate of drug-likeness (QED) is 0.667. The molecule has 2 aromatic heterocycles. The lowest BCUT2D eigenvalue weighted by Gasteiger charge is -2.00. The third kappa shape index (κ3) is 1.42. The van der Waals surface area contributed by atoms with Crippen molar-refractivity contribution in [2.45, 2.75) is 0 Å². The Bertz CT molecular complexity index is 674. The first-order valence-corrected chi connectivity index (χ1v) is 5.25. The lowest BCUT2D eigenvalue weighted by molar-refractivity contribution is 0.638. The summed E-state index contributed by atoms with van der Waals surface area (Å²) >= 11 is 0. The highest BCUT2D eigenvalue weighted by Crippen LogP contribution is 2.35. The van der Waals surface area contributed by atoms with Gasteiger partial charge in [-0.15, -0.1) is 0 Å². The third-order valence-corrected chi connectivity index (χ3v) is 2.72. The van der Waals surface area contributed by atoms with Gasteiger partial charge >= 0.3 is 0 Å². The molecule has 3 rings (SSSR count). The Morgan fingerprint density at radius 1 is 1.00 bits per heavy atom. The molecule has 0 atom stereocenters. The number of nitrogens with zero attached hydrogens (tertiary/aromatic N) is 1. The minimum Gasteiger partial charge on any atom is -0.436 e. The molecule has 0 bridgehead atoms. The molecule has 0 spiro atoms. The van der Waals surface area contributed by atoms with Crippen LogP contribution >= 0.6 is 0 Å². The number of rotatable bonds is 1. The second kappa shape index (κ2) is 3.52. The summed E-state index contributed by atoms with van der Waals surface area (Å²) in [7, 11) is 0. The lowest BCUT2D eigenvalue weighted by Crippen LogP contribution is -1.89. The summed E-state index contributed by atoms with van der Waals surface area (Å²) in [6, 6.07) is 11.6. The number of nitrogens with two attached hydrogens (primary N) is 2. The fourth-order valence-corrected chi connectivity index (χ4v) is 1.86. The standard InChI is InChI=1S/C13H11N3O/c14-10-9-6-7-16-11(12(9)17-13(10)15)8-4-2-1-3-5-8/h1-7H,14-15H2. The molecule has 0 aliphatic rings. The van der Waals surface area contributed by atoms with E-state index in [0.29, 0.717) is 11.3 Å². The van der Waals surface area contributed by atoms with Crippen LogP contribution in [0.3, 0.4) is 0 Å². The van der Waals surface area contributed by atoms with Gasteiger partial charge in [-0.1, -0.05) is 30.3 Å². The van der Waals surface area contributed by atoms with Crippen molar-refractivity contribution >= 4 is 22.5 Å². The fourth-order valence-electron chi connectivity index (χ4n) is 1.86. The molecular weight excluding hydrogens is 214 g/mol. The van der Waals surface area contributed by atoms with Crippen molar-refractivity contribution in [1.29, 1.82) is 0 Å². The van der Waals surface area contributed by atoms with Crippen molar-refractivity contribution in [2.75, 3.05) is 11.5 Å². The molecule has 0 fully saturated rings. The van der Waals surface area contributed by atoms with Crippen molar-refractivity contribution in [2.24, 2.45) is 0 Å². The van der Waals surface area contributed by atoms with Gasteiger partial charge in [0.25, 0.3) is 0 Å². The number of aromatic nitrogens is 1. The van der Waals surface area contributed by atoms with Crippen LogP contribution in [0.15, 0.2) is 47.0 Å². The molecule has 3 aromatic rings. The zero-order valence-electron chi connectivity index (χ0n) is 9.05. The van der Waals surface area contributed by atoms with Crippen LogP contribution in [-0.4, -0.2) is 4.98 Å². The largest absolute Gasteiger partial charge is 0.436 e. The van der Waals surface area contributed by atoms with Gasteiger partial charge in [0.2, 0.25) is 5.88 Å². The van der Waals surface area contributed by atoms with E-state index in [1.807, 2.05) is 30.3 Å². The van der Waals surface area contributed by atoms with Crippen LogP contribution in [-0.2, 0) is 0 Å². The number of benzene rings is 1. The zero-order chi connectivity index (χ0) is 11.8. The van der Waals surface area contributed by atoms with Gasteiger partial charge in [-0.3, -0.25) is 4.98 Å². The summed E-state index contributed by atoms with van der Waals surface area (Å²) < 4.78 is 5.47. The highest BCUT2D eigenvalue weighted by atomic mass is 16.3. The summed E-state index contributed by atoms with van der Waals surface area (Å²) in [5.41, 5.74) is 14.4. The van der Waals surface area contributed by atoms with Gasteiger partial charge in [-0.25, -0.2) is 0 Å². The van der Waals surface area contributed by atoms with E-state index in [9.17, 15) is 0 Å². The number of pyridine rings is 1.